The van der Waals surface area contributed by atoms with Gasteiger partial charge in [-0.15, -0.1) is 0 Å². The minimum Gasteiger partial charge on any atom is -0.479 e. The van der Waals surface area contributed by atoms with Gasteiger partial charge in [-0.2, -0.15) is 0 Å². The quantitative estimate of drug-likeness (QED) is 0.706. The van der Waals surface area contributed by atoms with Gasteiger partial charge in [0, 0.05) is 37.9 Å². The number of amides is 2. The molecule has 0 aromatic heterocycles. The SMILES string of the molecule is Cc1ccc(/C=C/C(=O)Nc2ccc3c(c2)N(CCN2CCOCC2)C(=O)C(C)O3)cc1. The lowest BCUT2D eigenvalue weighted by Gasteiger charge is -2.35. The molecular formula is C25H29N3O4. The molecule has 0 aliphatic carbocycles. The number of ether oxygens (including phenoxy) is 2. The average Bonchev–Trinajstić information content (AvgIpc) is 2.80. The van der Waals surface area contributed by atoms with Gasteiger partial charge in [0.05, 0.1) is 18.9 Å². The highest BCUT2D eigenvalue weighted by Gasteiger charge is 2.32. The van der Waals surface area contributed by atoms with Crippen LogP contribution in [0.2, 0.25) is 0 Å². The second kappa shape index (κ2) is 9.97. The van der Waals surface area contributed by atoms with E-state index in [9.17, 15) is 9.59 Å². The van der Waals surface area contributed by atoms with Crippen LogP contribution in [-0.2, 0) is 14.3 Å². The molecule has 1 saturated heterocycles. The fourth-order valence-corrected chi connectivity index (χ4v) is 3.81. The van der Waals surface area contributed by atoms with Gasteiger partial charge in [-0.1, -0.05) is 29.8 Å². The van der Waals surface area contributed by atoms with E-state index in [-0.39, 0.29) is 11.8 Å². The van der Waals surface area contributed by atoms with Crippen LogP contribution in [0.5, 0.6) is 5.75 Å². The topological polar surface area (TPSA) is 71.1 Å². The minimum atomic E-state index is -0.537. The van der Waals surface area contributed by atoms with Crippen LogP contribution < -0.4 is 15.0 Å². The Morgan fingerprint density at radius 2 is 1.88 bits per heavy atom. The largest absolute Gasteiger partial charge is 0.479 e. The van der Waals surface area contributed by atoms with Crippen molar-refractivity contribution >= 4 is 29.3 Å². The highest BCUT2D eigenvalue weighted by molar-refractivity contribution is 6.04. The first kappa shape index (κ1) is 22.0. The first-order chi connectivity index (χ1) is 15.5. The lowest BCUT2D eigenvalue weighted by Crippen LogP contribution is -2.48. The standard InChI is InChI=1S/C25H29N3O4/c1-18-3-5-20(6-4-18)7-10-24(29)26-21-8-9-23-22(17-21)28(25(30)19(2)32-23)12-11-27-13-15-31-16-14-27/h3-10,17,19H,11-16H2,1-2H3,(H,26,29)/b10-7+. The Morgan fingerprint density at radius 3 is 2.62 bits per heavy atom. The van der Waals surface area contributed by atoms with E-state index >= 15 is 0 Å². The molecule has 1 N–H and O–H groups in total. The first-order valence-corrected chi connectivity index (χ1v) is 11.0. The molecule has 2 amide bonds. The van der Waals surface area contributed by atoms with Crippen molar-refractivity contribution in [2.24, 2.45) is 0 Å². The summed E-state index contributed by atoms with van der Waals surface area (Å²) in [7, 11) is 0. The lowest BCUT2D eigenvalue weighted by atomic mass is 10.1. The molecule has 2 aromatic carbocycles. The Morgan fingerprint density at radius 1 is 1.12 bits per heavy atom. The van der Waals surface area contributed by atoms with Crippen LogP contribution in [0.15, 0.2) is 48.5 Å². The lowest BCUT2D eigenvalue weighted by molar-refractivity contribution is -0.125. The molecule has 7 heteroatoms. The number of nitrogens with one attached hydrogen (secondary N) is 1. The summed E-state index contributed by atoms with van der Waals surface area (Å²) in [5, 5.41) is 2.88. The molecular weight excluding hydrogens is 406 g/mol. The molecule has 2 aliphatic heterocycles. The third kappa shape index (κ3) is 5.36. The van der Waals surface area contributed by atoms with E-state index in [0.29, 0.717) is 23.7 Å². The van der Waals surface area contributed by atoms with E-state index in [1.807, 2.05) is 31.2 Å². The molecule has 4 rings (SSSR count). The Labute approximate surface area is 188 Å². The van der Waals surface area contributed by atoms with E-state index in [2.05, 4.69) is 10.2 Å². The first-order valence-electron chi connectivity index (χ1n) is 11.0. The van der Waals surface area contributed by atoms with E-state index in [1.165, 1.54) is 11.6 Å². The summed E-state index contributed by atoms with van der Waals surface area (Å²) in [6.07, 6.45) is 2.74. The summed E-state index contributed by atoms with van der Waals surface area (Å²) >= 11 is 0. The molecule has 0 saturated carbocycles. The highest BCUT2D eigenvalue weighted by Crippen LogP contribution is 2.36. The van der Waals surface area contributed by atoms with Crippen molar-refractivity contribution in [1.82, 2.24) is 4.90 Å². The Hall–Kier alpha value is -3.16. The van der Waals surface area contributed by atoms with Crippen molar-refractivity contribution in [1.29, 1.82) is 0 Å². The van der Waals surface area contributed by atoms with Gasteiger partial charge in [-0.25, -0.2) is 0 Å². The fourth-order valence-electron chi connectivity index (χ4n) is 3.81. The van der Waals surface area contributed by atoms with Crippen LogP contribution in [0, 0.1) is 6.92 Å². The second-order valence-corrected chi connectivity index (χ2v) is 8.12. The van der Waals surface area contributed by atoms with Gasteiger partial charge in [-0.3, -0.25) is 14.5 Å². The number of fused-ring (bicyclic) bond motifs is 1. The number of anilines is 2. The predicted molar refractivity (Wildman–Crippen MR) is 125 cm³/mol. The van der Waals surface area contributed by atoms with Crippen molar-refractivity contribution < 1.29 is 19.1 Å². The van der Waals surface area contributed by atoms with Crippen molar-refractivity contribution in [2.45, 2.75) is 20.0 Å². The van der Waals surface area contributed by atoms with Gasteiger partial charge in [-0.05, 0) is 43.7 Å². The third-order valence-electron chi connectivity index (χ3n) is 5.68. The molecule has 0 spiro atoms. The third-order valence-corrected chi connectivity index (χ3v) is 5.68. The Bertz CT molecular complexity index is 997. The fraction of sp³-hybridized carbons (Fsp3) is 0.360. The van der Waals surface area contributed by atoms with Crippen LogP contribution in [0.25, 0.3) is 6.08 Å². The minimum absolute atomic E-state index is 0.0755. The average molecular weight is 436 g/mol. The van der Waals surface area contributed by atoms with Crippen molar-refractivity contribution in [3.05, 3.63) is 59.7 Å². The van der Waals surface area contributed by atoms with Gasteiger partial charge in [0.2, 0.25) is 5.91 Å². The Balaban J connectivity index is 1.46. The van der Waals surface area contributed by atoms with Gasteiger partial charge >= 0.3 is 0 Å². The maximum Gasteiger partial charge on any atom is 0.267 e. The summed E-state index contributed by atoms with van der Waals surface area (Å²) in [4.78, 5) is 29.3. The molecule has 168 valence electrons. The van der Waals surface area contributed by atoms with Gasteiger partial charge in [0.15, 0.2) is 6.10 Å². The molecule has 1 unspecified atom stereocenters. The van der Waals surface area contributed by atoms with E-state index in [4.69, 9.17) is 9.47 Å². The predicted octanol–water partition coefficient (Wildman–Crippen LogP) is 3.09. The van der Waals surface area contributed by atoms with Gasteiger partial charge < -0.3 is 19.7 Å². The number of carbonyl (C=O) groups excluding carboxylic acids is 2. The molecule has 32 heavy (non-hydrogen) atoms. The van der Waals surface area contributed by atoms with Crippen LogP contribution in [0.4, 0.5) is 11.4 Å². The molecule has 2 aromatic rings. The molecule has 2 heterocycles. The zero-order valence-electron chi connectivity index (χ0n) is 18.5. The van der Waals surface area contributed by atoms with Gasteiger partial charge in [0.1, 0.15) is 5.75 Å². The molecule has 2 aliphatic rings. The molecule has 1 atom stereocenters. The maximum absolute atomic E-state index is 12.8. The number of carbonyl (C=O) groups is 2. The monoisotopic (exact) mass is 435 g/mol. The van der Waals surface area contributed by atoms with E-state index in [1.54, 1.807) is 36.1 Å². The normalized spacial score (nSPS) is 19.0. The number of rotatable bonds is 6. The van der Waals surface area contributed by atoms with Crippen molar-refractivity contribution in [3.63, 3.8) is 0 Å². The molecule has 0 bridgehead atoms. The summed E-state index contributed by atoms with van der Waals surface area (Å²) in [5.41, 5.74) is 3.43. The van der Waals surface area contributed by atoms with Crippen LogP contribution >= 0.6 is 0 Å². The zero-order chi connectivity index (χ0) is 22.5. The number of morpholine rings is 1. The zero-order valence-corrected chi connectivity index (χ0v) is 18.5. The smallest absolute Gasteiger partial charge is 0.267 e. The Kier molecular flexibility index (Phi) is 6.87. The van der Waals surface area contributed by atoms with Crippen LogP contribution in [-0.4, -0.2) is 62.2 Å². The number of hydrogen-bond donors (Lipinski definition) is 1. The number of hydrogen-bond acceptors (Lipinski definition) is 5. The summed E-state index contributed by atoms with van der Waals surface area (Å²) in [5.74, 6) is 0.336. The molecule has 7 nitrogen and oxygen atoms in total. The number of aryl methyl sites for hydroxylation is 1. The molecule has 1 fully saturated rings. The van der Waals surface area contributed by atoms with E-state index in [0.717, 1.165) is 38.4 Å². The van der Waals surface area contributed by atoms with Crippen LogP contribution in [0.3, 0.4) is 0 Å². The van der Waals surface area contributed by atoms with E-state index < -0.39 is 6.10 Å². The highest BCUT2D eigenvalue weighted by atomic mass is 16.5. The molecule has 0 radical (unpaired) electrons. The van der Waals surface area contributed by atoms with Crippen molar-refractivity contribution in [3.8, 4) is 5.75 Å². The summed E-state index contributed by atoms with van der Waals surface area (Å²) < 4.78 is 11.2. The van der Waals surface area contributed by atoms with Crippen LogP contribution in [0.1, 0.15) is 18.1 Å². The maximum atomic E-state index is 12.8. The second-order valence-electron chi connectivity index (χ2n) is 8.12. The number of benzene rings is 2. The summed E-state index contributed by atoms with van der Waals surface area (Å²) in [6.45, 7) is 8.27. The summed E-state index contributed by atoms with van der Waals surface area (Å²) in [6, 6.07) is 13.3. The van der Waals surface area contributed by atoms with Crippen molar-refractivity contribution in [2.75, 3.05) is 49.6 Å². The number of nitrogens with zero attached hydrogens (tertiary/aromatic N) is 2. The van der Waals surface area contributed by atoms with Gasteiger partial charge in [0.25, 0.3) is 5.91 Å².